The van der Waals surface area contributed by atoms with Gasteiger partial charge in [-0.3, -0.25) is 9.78 Å². The van der Waals surface area contributed by atoms with Crippen LogP contribution in [-0.4, -0.2) is 25.9 Å². The van der Waals surface area contributed by atoms with Gasteiger partial charge in [-0.25, -0.2) is 0 Å². The summed E-state index contributed by atoms with van der Waals surface area (Å²) in [4.78, 5) is 19.6. The van der Waals surface area contributed by atoms with Gasteiger partial charge < -0.3 is 4.98 Å². The molecule has 0 aliphatic rings. The number of halogens is 1. The molecule has 1 N–H and O–H groups in total. The minimum absolute atomic E-state index is 0.0323. The maximum absolute atomic E-state index is 12.4. The van der Waals surface area contributed by atoms with Gasteiger partial charge >= 0.3 is 0 Å². The number of carbonyl (C=O) groups excluding carboxylic acids is 1. The van der Waals surface area contributed by atoms with Gasteiger partial charge in [0.2, 0.25) is 0 Å². The Bertz CT molecular complexity index is 1060. The summed E-state index contributed by atoms with van der Waals surface area (Å²) < 4.78 is 0. The molecule has 5 nitrogen and oxygen atoms in total. The molecule has 0 amide bonds. The lowest BCUT2D eigenvalue weighted by Gasteiger charge is -2.02. The molecule has 0 aliphatic heterocycles. The second kappa shape index (κ2) is 7.06. The Balaban J connectivity index is 1.47. The standard InChI is InChI=1S/C20H15ClN4O/c21-15-2-3-18-16(11-15)14(12-23-18)1-6-20(26)19-5-4-17(24-25-19)13-7-9-22-10-8-13/h2-5,7-12,23H,1,6H2. The van der Waals surface area contributed by atoms with Crippen LogP contribution in [0.15, 0.2) is 61.1 Å². The lowest BCUT2D eigenvalue weighted by molar-refractivity contribution is 0.0977. The molecule has 3 aromatic heterocycles. The van der Waals surface area contributed by atoms with E-state index in [0.29, 0.717) is 23.6 Å². The number of ketones is 1. The second-order valence-corrected chi connectivity index (χ2v) is 6.40. The number of fused-ring (bicyclic) bond motifs is 1. The number of benzene rings is 1. The molecule has 0 unspecified atom stereocenters. The summed E-state index contributed by atoms with van der Waals surface area (Å²) in [6.07, 6.45) is 6.30. The number of hydrogen-bond acceptors (Lipinski definition) is 4. The number of H-pyrrole nitrogens is 1. The maximum atomic E-state index is 12.4. The number of nitrogens with zero attached hydrogens (tertiary/aromatic N) is 3. The van der Waals surface area contributed by atoms with Gasteiger partial charge in [-0.15, -0.1) is 10.2 Å². The van der Waals surface area contributed by atoms with Crippen LogP contribution in [-0.2, 0) is 6.42 Å². The third-order valence-electron chi connectivity index (χ3n) is 4.28. The summed E-state index contributed by atoms with van der Waals surface area (Å²) in [5.74, 6) is -0.0323. The van der Waals surface area contributed by atoms with E-state index in [0.717, 1.165) is 27.7 Å². The molecular weight excluding hydrogens is 348 g/mol. The van der Waals surface area contributed by atoms with E-state index in [2.05, 4.69) is 20.2 Å². The van der Waals surface area contributed by atoms with Crippen LogP contribution >= 0.6 is 11.6 Å². The van der Waals surface area contributed by atoms with Gasteiger partial charge in [-0.1, -0.05) is 11.6 Å². The zero-order chi connectivity index (χ0) is 17.9. The summed E-state index contributed by atoms with van der Waals surface area (Å²) in [6, 6.07) is 12.9. The molecule has 3 heterocycles. The quantitative estimate of drug-likeness (QED) is 0.531. The molecule has 0 saturated carbocycles. The molecule has 0 radical (unpaired) electrons. The Morgan fingerprint density at radius 1 is 1.04 bits per heavy atom. The average Bonchev–Trinajstić information content (AvgIpc) is 3.09. The number of hydrogen-bond donors (Lipinski definition) is 1. The molecule has 4 aromatic rings. The Kier molecular flexibility index (Phi) is 4.46. The number of nitrogens with one attached hydrogen (secondary N) is 1. The minimum Gasteiger partial charge on any atom is -0.361 e. The van der Waals surface area contributed by atoms with E-state index in [1.54, 1.807) is 24.5 Å². The molecule has 0 fully saturated rings. The van der Waals surface area contributed by atoms with Gasteiger partial charge in [0.25, 0.3) is 0 Å². The fraction of sp³-hybridized carbons (Fsp3) is 0.100. The number of Topliss-reactive ketones (excluding diaryl/α,β-unsaturated/α-hetero) is 1. The van der Waals surface area contributed by atoms with Crippen molar-refractivity contribution in [2.24, 2.45) is 0 Å². The number of aromatic nitrogens is 4. The highest BCUT2D eigenvalue weighted by atomic mass is 35.5. The number of aryl methyl sites for hydroxylation is 1. The highest BCUT2D eigenvalue weighted by Crippen LogP contribution is 2.23. The SMILES string of the molecule is O=C(CCc1c[nH]c2ccc(Cl)cc12)c1ccc(-c2ccncc2)nn1. The van der Waals surface area contributed by atoms with Crippen molar-refractivity contribution in [3.63, 3.8) is 0 Å². The monoisotopic (exact) mass is 362 g/mol. The van der Waals surface area contributed by atoms with Gasteiger partial charge in [0.05, 0.1) is 5.69 Å². The Labute approximate surface area is 155 Å². The van der Waals surface area contributed by atoms with E-state index in [4.69, 9.17) is 11.6 Å². The van der Waals surface area contributed by atoms with Gasteiger partial charge in [-0.2, -0.15) is 0 Å². The fourth-order valence-electron chi connectivity index (χ4n) is 2.89. The third-order valence-corrected chi connectivity index (χ3v) is 4.51. The highest BCUT2D eigenvalue weighted by molar-refractivity contribution is 6.31. The smallest absolute Gasteiger partial charge is 0.183 e. The zero-order valence-corrected chi connectivity index (χ0v) is 14.6. The van der Waals surface area contributed by atoms with Crippen LogP contribution in [0, 0.1) is 0 Å². The van der Waals surface area contributed by atoms with Crippen LogP contribution in [0.3, 0.4) is 0 Å². The molecule has 4 rings (SSSR count). The molecule has 0 spiro atoms. The van der Waals surface area contributed by atoms with Gasteiger partial charge in [0, 0.05) is 46.5 Å². The molecule has 1 aromatic carbocycles. The van der Waals surface area contributed by atoms with E-state index in [9.17, 15) is 4.79 Å². The maximum Gasteiger partial charge on any atom is 0.183 e. The number of carbonyl (C=O) groups is 1. The highest BCUT2D eigenvalue weighted by Gasteiger charge is 2.11. The van der Waals surface area contributed by atoms with Crippen molar-refractivity contribution in [1.82, 2.24) is 20.2 Å². The van der Waals surface area contributed by atoms with Crippen molar-refractivity contribution in [2.75, 3.05) is 0 Å². The van der Waals surface area contributed by atoms with Crippen molar-refractivity contribution in [3.05, 3.63) is 77.3 Å². The molecule has 0 atom stereocenters. The van der Waals surface area contributed by atoms with Gasteiger partial charge in [0.15, 0.2) is 5.78 Å². The number of aromatic amines is 1. The van der Waals surface area contributed by atoms with Crippen LogP contribution in [0.5, 0.6) is 0 Å². The van der Waals surface area contributed by atoms with Crippen LogP contribution in [0.2, 0.25) is 5.02 Å². The first-order valence-electron chi connectivity index (χ1n) is 8.23. The van der Waals surface area contributed by atoms with E-state index in [1.807, 2.05) is 36.5 Å². The van der Waals surface area contributed by atoms with Crippen LogP contribution in [0.1, 0.15) is 22.5 Å². The first-order chi connectivity index (χ1) is 12.7. The fourth-order valence-corrected chi connectivity index (χ4v) is 3.06. The lowest BCUT2D eigenvalue weighted by atomic mass is 10.0. The summed E-state index contributed by atoms with van der Waals surface area (Å²) in [7, 11) is 0. The normalized spacial score (nSPS) is 11.0. The lowest BCUT2D eigenvalue weighted by Crippen LogP contribution is -2.05. The summed E-state index contributed by atoms with van der Waals surface area (Å²) in [6.45, 7) is 0. The molecule has 0 bridgehead atoms. The number of rotatable bonds is 5. The second-order valence-electron chi connectivity index (χ2n) is 5.97. The van der Waals surface area contributed by atoms with Crippen molar-refractivity contribution in [1.29, 1.82) is 0 Å². The Hall–Kier alpha value is -3.05. The number of pyridine rings is 1. The van der Waals surface area contributed by atoms with Crippen LogP contribution < -0.4 is 0 Å². The minimum atomic E-state index is -0.0323. The first kappa shape index (κ1) is 16.4. The van der Waals surface area contributed by atoms with E-state index in [-0.39, 0.29) is 5.78 Å². The largest absolute Gasteiger partial charge is 0.361 e. The molecule has 0 saturated heterocycles. The molecule has 128 valence electrons. The van der Waals surface area contributed by atoms with E-state index >= 15 is 0 Å². The van der Waals surface area contributed by atoms with Crippen molar-refractivity contribution in [2.45, 2.75) is 12.8 Å². The van der Waals surface area contributed by atoms with Crippen LogP contribution in [0.25, 0.3) is 22.2 Å². The average molecular weight is 363 g/mol. The Morgan fingerprint density at radius 3 is 2.65 bits per heavy atom. The molecule has 6 heteroatoms. The first-order valence-corrected chi connectivity index (χ1v) is 8.61. The van der Waals surface area contributed by atoms with Crippen molar-refractivity contribution < 1.29 is 4.79 Å². The van der Waals surface area contributed by atoms with Crippen molar-refractivity contribution >= 4 is 28.3 Å². The molecule has 0 aliphatic carbocycles. The van der Waals surface area contributed by atoms with Gasteiger partial charge in [0.1, 0.15) is 5.69 Å². The molecule has 26 heavy (non-hydrogen) atoms. The third kappa shape index (κ3) is 3.34. The summed E-state index contributed by atoms with van der Waals surface area (Å²) in [5.41, 5.74) is 4.09. The van der Waals surface area contributed by atoms with Crippen molar-refractivity contribution in [3.8, 4) is 11.3 Å². The topological polar surface area (TPSA) is 71.5 Å². The van der Waals surface area contributed by atoms with E-state index in [1.165, 1.54) is 0 Å². The summed E-state index contributed by atoms with van der Waals surface area (Å²) >= 11 is 6.07. The van der Waals surface area contributed by atoms with E-state index < -0.39 is 0 Å². The zero-order valence-electron chi connectivity index (χ0n) is 13.8. The molecular formula is C20H15ClN4O. The predicted octanol–water partition coefficient (Wildman–Crippen LogP) is 4.49. The van der Waals surface area contributed by atoms with Crippen LogP contribution in [0.4, 0.5) is 0 Å². The predicted molar refractivity (Wildman–Crippen MR) is 101 cm³/mol. The Morgan fingerprint density at radius 2 is 1.88 bits per heavy atom. The summed E-state index contributed by atoms with van der Waals surface area (Å²) in [5, 5.41) is 9.97. The van der Waals surface area contributed by atoms with Gasteiger partial charge in [-0.05, 0) is 54.4 Å².